The number of urea groups is 1. The van der Waals surface area contributed by atoms with Crippen molar-refractivity contribution in [1.29, 1.82) is 5.41 Å². The van der Waals surface area contributed by atoms with E-state index in [4.69, 9.17) is 9.83 Å². The van der Waals surface area contributed by atoms with Crippen LogP contribution in [0.2, 0.25) is 0 Å². The van der Waals surface area contributed by atoms with Crippen molar-refractivity contribution < 1.29 is 22.8 Å². The molecule has 10 nitrogen and oxygen atoms in total. The standard InChI is InChI=1S/C28H33F2N7O3/c1-6-28(29,30)10-9-18(3)20-11-17(2)7-8-19(12-20)26-36-23(16-40-26)25(38)35-22(14-33-5)24(31)37-15-21(13-32-4)34-27(37)39/h6-9,12,14,16,21-22,31-32H,1,10,13,15H2,2-5H3,(H,34,39)(H,35,38). The predicted octanol–water partition coefficient (Wildman–Crippen LogP) is 3.65. The summed E-state index contributed by atoms with van der Waals surface area (Å²) < 4.78 is 32.9. The molecule has 212 valence electrons. The summed E-state index contributed by atoms with van der Waals surface area (Å²) in [5.74, 6) is -3.68. The van der Waals surface area contributed by atoms with Gasteiger partial charge in [-0.05, 0) is 50.3 Å². The summed E-state index contributed by atoms with van der Waals surface area (Å²) in [6.45, 7) is 7.48. The zero-order chi connectivity index (χ0) is 29.4. The number of carbonyl (C=O) groups excluding carboxylic acids is 2. The quantitative estimate of drug-likeness (QED) is 0.144. The molecule has 0 bridgehead atoms. The van der Waals surface area contributed by atoms with Gasteiger partial charge in [0.1, 0.15) is 18.1 Å². The van der Waals surface area contributed by atoms with Crippen LogP contribution in [-0.2, 0) is 0 Å². The summed E-state index contributed by atoms with van der Waals surface area (Å²) >= 11 is 0. The Morgan fingerprint density at radius 3 is 2.90 bits per heavy atom. The average molecular weight is 554 g/mol. The van der Waals surface area contributed by atoms with Crippen molar-refractivity contribution in [3.8, 4) is 0 Å². The minimum atomic E-state index is -3.02. The largest absolute Gasteiger partial charge is 0.444 e. The first-order valence-corrected chi connectivity index (χ1v) is 12.5. The molecule has 1 aliphatic carbocycles. The van der Waals surface area contributed by atoms with Gasteiger partial charge in [0.2, 0.25) is 5.89 Å². The second kappa shape index (κ2) is 13.1. The van der Waals surface area contributed by atoms with E-state index in [1.165, 1.54) is 30.5 Å². The molecule has 0 aromatic carbocycles. The molecule has 2 aliphatic rings. The lowest BCUT2D eigenvalue weighted by Crippen LogP contribution is -2.50. The molecule has 40 heavy (non-hydrogen) atoms. The highest BCUT2D eigenvalue weighted by Gasteiger charge is 2.34. The highest BCUT2D eigenvalue weighted by Crippen LogP contribution is 2.26. The first kappa shape index (κ1) is 30.1. The maximum atomic E-state index is 13.7. The van der Waals surface area contributed by atoms with Crippen LogP contribution in [0.5, 0.6) is 0 Å². The van der Waals surface area contributed by atoms with Crippen LogP contribution in [0.25, 0.3) is 5.57 Å². The normalized spacial score (nSPS) is 18.6. The molecule has 0 radical (unpaired) electrons. The van der Waals surface area contributed by atoms with Crippen molar-refractivity contribution in [1.82, 2.24) is 25.8 Å². The topological polar surface area (TPSA) is 136 Å². The number of allylic oxidation sites excluding steroid dienone is 8. The Labute approximate surface area is 231 Å². The summed E-state index contributed by atoms with van der Waals surface area (Å²) in [6, 6.07) is -1.60. The number of aromatic nitrogens is 1. The van der Waals surface area contributed by atoms with Gasteiger partial charge in [0.25, 0.3) is 11.8 Å². The molecule has 1 aliphatic heterocycles. The Balaban J connectivity index is 1.78. The van der Waals surface area contributed by atoms with Gasteiger partial charge in [-0.25, -0.2) is 18.6 Å². The van der Waals surface area contributed by atoms with Crippen LogP contribution >= 0.6 is 0 Å². The number of alkyl halides is 2. The van der Waals surface area contributed by atoms with Gasteiger partial charge in [-0.15, -0.1) is 5.73 Å². The molecule has 2 heterocycles. The van der Waals surface area contributed by atoms with E-state index in [2.05, 4.69) is 38.2 Å². The van der Waals surface area contributed by atoms with Gasteiger partial charge in [0, 0.05) is 37.4 Å². The number of nitrogens with one attached hydrogen (secondary N) is 4. The fraction of sp³-hybridized carbons (Fsp3) is 0.357. The van der Waals surface area contributed by atoms with E-state index in [1.54, 1.807) is 32.2 Å². The molecule has 1 aromatic rings. The van der Waals surface area contributed by atoms with E-state index in [0.717, 1.165) is 5.57 Å². The van der Waals surface area contributed by atoms with Gasteiger partial charge in [0.15, 0.2) is 5.69 Å². The Hall–Kier alpha value is -4.41. The van der Waals surface area contributed by atoms with Crippen molar-refractivity contribution in [2.45, 2.75) is 38.3 Å². The number of halogens is 2. The molecule has 1 aromatic heterocycles. The van der Waals surface area contributed by atoms with Crippen molar-refractivity contribution in [3.63, 3.8) is 0 Å². The first-order chi connectivity index (χ1) is 19.0. The monoisotopic (exact) mass is 553 g/mol. The van der Waals surface area contributed by atoms with Crippen LogP contribution in [0, 0.1) is 5.41 Å². The summed E-state index contributed by atoms with van der Waals surface area (Å²) in [4.78, 5) is 34.9. The lowest BCUT2D eigenvalue weighted by molar-refractivity contribution is 0.0590. The summed E-state index contributed by atoms with van der Waals surface area (Å²) in [7, 11) is 3.26. The number of oxazole rings is 1. The third kappa shape index (κ3) is 7.58. The second-order valence-corrected chi connectivity index (χ2v) is 9.31. The van der Waals surface area contributed by atoms with E-state index >= 15 is 0 Å². The lowest BCUT2D eigenvalue weighted by Gasteiger charge is -2.22. The molecule has 0 saturated carbocycles. The van der Waals surface area contributed by atoms with Gasteiger partial charge < -0.3 is 20.4 Å². The zero-order valence-electron chi connectivity index (χ0n) is 22.8. The molecule has 4 N–H and O–H groups in total. The van der Waals surface area contributed by atoms with Gasteiger partial charge in [-0.3, -0.25) is 20.1 Å². The number of aliphatic imine (C=N–C) groups is 1. The molecule has 2 unspecified atom stereocenters. The molecule has 1 saturated heterocycles. The summed E-state index contributed by atoms with van der Waals surface area (Å²) in [6.07, 6.45) is 9.24. The highest BCUT2D eigenvalue weighted by molar-refractivity contribution is 6.10. The number of likely N-dealkylation sites (N-methyl/N-ethyl adjacent to an activating group) is 1. The van der Waals surface area contributed by atoms with E-state index in [-0.39, 0.29) is 30.0 Å². The van der Waals surface area contributed by atoms with E-state index in [9.17, 15) is 18.4 Å². The first-order valence-electron chi connectivity index (χ1n) is 12.5. The van der Waals surface area contributed by atoms with Crippen molar-refractivity contribution in [2.24, 2.45) is 4.99 Å². The molecule has 2 atom stereocenters. The lowest BCUT2D eigenvalue weighted by atomic mass is 10.0. The zero-order valence-corrected chi connectivity index (χ0v) is 22.8. The minimum absolute atomic E-state index is 0.0529. The molecule has 3 amide bonds. The van der Waals surface area contributed by atoms with Crippen molar-refractivity contribution in [3.05, 3.63) is 77.3 Å². The predicted molar refractivity (Wildman–Crippen MR) is 150 cm³/mol. The number of nitrogens with zero attached hydrogens (tertiary/aromatic N) is 3. The number of amides is 3. The molecule has 1 fully saturated rings. The van der Waals surface area contributed by atoms with Crippen LogP contribution in [0.3, 0.4) is 0 Å². The van der Waals surface area contributed by atoms with E-state index in [0.29, 0.717) is 29.3 Å². The Bertz CT molecular complexity index is 1360. The third-order valence-corrected chi connectivity index (χ3v) is 6.13. The smallest absolute Gasteiger partial charge is 0.323 e. The number of amidine groups is 1. The SMILES string of the molecule is C=CC(F)(F)CC=C(C)C1=C=C(C)C=CC(c2nc(C(=O)NC(C=NC)C(=N)N3CC(CNC)NC3=O)co2)=C1. The van der Waals surface area contributed by atoms with Gasteiger partial charge in [-0.2, -0.15) is 0 Å². The third-order valence-electron chi connectivity index (χ3n) is 6.13. The molecule has 0 spiro atoms. The Morgan fingerprint density at radius 1 is 1.48 bits per heavy atom. The van der Waals surface area contributed by atoms with Crippen LogP contribution < -0.4 is 16.0 Å². The maximum Gasteiger partial charge on any atom is 0.323 e. The van der Waals surface area contributed by atoms with Crippen molar-refractivity contribution in [2.75, 3.05) is 27.2 Å². The average Bonchev–Trinajstić information content (AvgIpc) is 3.50. The molecular formula is C28H33F2N7O3. The maximum absolute atomic E-state index is 13.7. The Kier molecular flexibility index (Phi) is 9.87. The number of carbonyl (C=O) groups is 2. The van der Waals surface area contributed by atoms with Crippen LogP contribution in [0.1, 0.15) is 36.6 Å². The Morgan fingerprint density at radius 2 is 2.23 bits per heavy atom. The van der Waals surface area contributed by atoms with E-state index < -0.39 is 30.3 Å². The van der Waals surface area contributed by atoms with Gasteiger partial charge in [-0.1, -0.05) is 18.7 Å². The van der Waals surface area contributed by atoms with Crippen LogP contribution in [0.15, 0.2) is 75.1 Å². The number of rotatable bonds is 11. The van der Waals surface area contributed by atoms with Crippen LogP contribution in [-0.4, -0.2) is 79.1 Å². The summed E-state index contributed by atoms with van der Waals surface area (Å²) in [5, 5.41) is 16.9. The second-order valence-electron chi connectivity index (χ2n) is 9.31. The molecule has 12 heteroatoms. The van der Waals surface area contributed by atoms with Crippen molar-refractivity contribution >= 4 is 29.6 Å². The minimum Gasteiger partial charge on any atom is -0.444 e. The fourth-order valence-electron chi connectivity index (χ4n) is 3.93. The molecule has 3 rings (SSSR count). The van der Waals surface area contributed by atoms with E-state index in [1.807, 2.05) is 6.92 Å². The van der Waals surface area contributed by atoms with Crippen LogP contribution in [0.4, 0.5) is 13.6 Å². The summed E-state index contributed by atoms with van der Waals surface area (Å²) in [5.41, 5.74) is 5.52. The fourth-order valence-corrected chi connectivity index (χ4v) is 3.93. The van der Waals surface area contributed by atoms with Gasteiger partial charge >= 0.3 is 6.03 Å². The molecular weight excluding hydrogens is 520 g/mol. The van der Waals surface area contributed by atoms with Gasteiger partial charge in [0.05, 0.1) is 12.6 Å². The number of hydrogen-bond acceptors (Lipinski definition) is 7. The highest BCUT2D eigenvalue weighted by atomic mass is 19.3. The number of hydrogen-bond donors (Lipinski definition) is 4.